The molecule has 13 heteroatoms. The van der Waals surface area contributed by atoms with E-state index in [0.717, 1.165) is 22.3 Å². The molecule has 2 aromatic rings. The lowest BCUT2D eigenvalue weighted by molar-refractivity contribution is -0.312. The molecule has 2 aromatic carbocycles. The molecule has 0 radical (unpaired) electrons. The van der Waals surface area contributed by atoms with Gasteiger partial charge in [0, 0.05) is 32.3 Å². The number of benzene rings is 2. The van der Waals surface area contributed by atoms with E-state index in [9.17, 15) is 30.0 Å². The number of alkyl carbamates (subject to hydrolysis) is 1. The smallest absolute Gasteiger partial charge is 0.407 e. The zero-order chi connectivity index (χ0) is 38.4. The van der Waals surface area contributed by atoms with E-state index in [1.54, 1.807) is 13.0 Å². The lowest BCUT2D eigenvalue weighted by Gasteiger charge is -2.48. The zero-order valence-electron chi connectivity index (χ0n) is 31.3. The van der Waals surface area contributed by atoms with E-state index in [1.807, 2.05) is 82.3 Å². The van der Waals surface area contributed by atoms with Crippen molar-refractivity contribution in [3.05, 3.63) is 71.8 Å². The van der Waals surface area contributed by atoms with E-state index >= 15 is 0 Å². The van der Waals surface area contributed by atoms with E-state index in [0.29, 0.717) is 6.41 Å². The van der Waals surface area contributed by atoms with Gasteiger partial charge in [-0.1, -0.05) is 88.4 Å². The molecule has 0 saturated carbocycles. The number of nitrogens with one attached hydrogen (secondary N) is 2. The van der Waals surface area contributed by atoms with Crippen LogP contribution in [0.15, 0.2) is 60.7 Å². The van der Waals surface area contributed by atoms with Gasteiger partial charge in [-0.05, 0) is 41.0 Å². The average molecular weight is 741 g/mol. The van der Waals surface area contributed by atoms with Crippen LogP contribution in [0.1, 0.15) is 70.9 Å². The Hall–Kier alpha value is -3.40. The van der Waals surface area contributed by atoms with Crippen molar-refractivity contribution < 1.29 is 53.7 Å². The summed E-state index contributed by atoms with van der Waals surface area (Å²) in [7, 11) is 1.44. The molecule has 2 fully saturated rings. The summed E-state index contributed by atoms with van der Waals surface area (Å²) in [4.78, 5) is 24.9. The monoisotopic (exact) mass is 740 g/mol. The van der Waals surface area contributed by atoms with Crippen molar-refractivity contribution in [2.45, 2.75) is 127 Å². The molecule has 0 spiro atoms. The van der Waals surface area contributed by atoms with Crippen LogP contribution in [0.25, 0.3) is 11.1 Å². The van der Waals surface area contributed by atoms with Crippen LogP contribution < -0.4 is 10.6 Å². The van der Waals surface area contributed by atoms with Gasteiger partial charge >= 0.3 is 6.09 Å². The Morgan fingerprint density at radius 1 is 0.981 bits per heavy atom. The van der Waals surface area contributed by atoms with Gasteiger partial charge in [0.05, 0.1) is 42.6 Å². The normalized spacial score (nSPS) is 31.2. The summed E-state index contributed by atoms with van der Waals surface area (Å²) < 4.78 is 30.2. The molecule has 11 atom stereocenters. The van der Waals surface area contributed by atoms with Crippen LogP contribution >= 0.6 is 0 Å². The molecule has 2 heterocycles. The number of rotatable bonds is 15. The van der Waals surface area contributed by atoms with Crippen molar-refractivity contribution in [2.75, 3.05) is 13.7 Å². The Bertz CT molecular complexity index is 1510. The highest BCUT2D eigenvalue weighted by molar-refractivity contribution is 5.79. The summed E-state index contributed by atoms with van der Waals surface area (Å²) in [5.41, 5.74) is 4.28. The predicted molar refractivity (Wildman–Crippen MR) is 195 cm³/mol. The average Bonchev–Trinajstić information content (AvgIpc) is 3.45. The Balaban J connectivity index is 1.30. The number of fused-ring (bicyclic) bond motifs is 3. The summed E-state index contributed by atoms with van der Waals surface area (Å²) in [6.07, 6.45) is -4.97. The number of allylic oxidation sites excluding steroid dienone is 1. The number of hydrogen-bond acceptors (Lipinski definition) is 11. The van der Waals surface area contributed by atoms with Crippen LogP contribution in [0, 0.1) is 11.8 Å². The first-order valence-electron chi connectivity index (χ1n) is 18.5. The number of carbonyl (C=O) groups excluding carboxylic acids is 2. The Labute approximate surface area is 311 Å². The second kappa shape index (κ2) is 17.8. The van der Waals surface area contributed by atoms with Crippen molar-refractivity contribution in [1.29, 1.82) is 0 Å². The number of carbonyl (C=O) groups is 2. The molecule has 6 N–H and O–H groups in total. The highest BCUT2D eigenvalue weighted by Gasteiger charge is 2.50. The summed E-state index contributed by atoms with van der Waals surface area (Å²) >= 11 is 0. The van der Waals surface area contributed by atoms with Gasteiger partial charge < -0.3 is 54.7 Å². The first-order chi connectivity index (χ1) is 25.3. The van der Waals surface area contributed by atoms with Gasteiger partial charge in [0.15, 0.2) is 12.1 Å². The summed E-state index contributed by atoms with van der Waals surface area (Å²) in [6, 6.07) is 13.9. The standard InChI is InChI=1S/C40H56N2O11/c1-22(2)15-16-25(17-33-34(41-21-43)32(45)19-40(49-6,53-33)18-31(44)23(3)4)52-38-37(47)35(36(46)24(5)51-38)42-39(48)50-20-30-28-13-9-7-11-26(28)27-12-8-10-14-29(27)30/h7-16,21-25,30-38,44-47H,17-20H2,1-6H3,(H,41,43)(H,42,48)/b16-15+/t24?,25-,31+,32-,33-,34?,35?,36?,37?,38?,40+/m0/s1. The number of ether oxygens (including phenoxy) is 5. The fraction of sp³-hybridized carbons (Fsp3) is 0.600. The fourth-order valence-corrected chi connectivity index (χ4v) is 7.51. The molecule has 0 bridgehead atoms. The first-order valence-corrected chi connectivity index (χ1v) is 18.5. The van der Waals surface area contributed by atoms with Crippen LogP contribution in [0.5, 0.6) is 0 Å². The zero-order valence-corrected chi connectivity index (χ0v) is 31.3. The molecule has 2 aliphatic heterocycles. The van der Waals surface area contributed by atoms with Gasteiger partial charge in [-0.15, -0.1) is 0 Å². The lowest BCUT2D eigenvalue weighted by Crippen LogP contribution is -2.64. The maximum atomic E-state index is 13.2. The molecular weight excluding hydrogens is 684 g/mol. The summed E-state index contributed by atoms with van der Waals surface area (Å²) in [6.45, 7) is 9.35. The third-order valence-corrected chi connectivity index (χ3v) is 10.6. The Kier molecular flexibility index (Phi) is 13.7. The van der Waals surface area contributed by atoms with Crippen molar-refractivity contribution in [3.8, 4) is 11.1 Å². The SMILES string of the molecule is CO[C@@]1(C[C@@H](O)C(C)C)C[C@H](O)C(NC=O)[C@H](C[C@H](/C=C/C(C)C)OC2OC(C)C(O)C(NC(=O)OCC3c4ccccc4-c4ccccc43)C2O)O1. The minimum absolute atomic E-state index is 0.00567. The van der Waals surface area contributed by atoms with Gasteiger partial charge in [-0.3, -0.25) is 4.79 Å². The van der Waals surface area contributed by atoms with Crippen LogP contribution in [0.3, 0.4) is 0 Å². The van der Waals surface area contributed by atoms with Crippen LogP contribution in [-0.4, -0.2) is 114 Å². The molecule has 3 aliphatic rings. The summed E-state index contributed by atoms with van der Waals surface area (Å²) in [5.74, 6) is -1.51. The third kappa shape index (κ3) is 9.46. The molecule has 5 rings (SSSR count). The predicted octanol–water partition coefficient (Wildman–Crippen LogP) is 3.36. The highest BCUT2D eigenvalue weighted by Crippen LogP contribution is 2.44. The van der Waals surface area contributed by atoms with Crippen LogP contribution in [0.2, 0.25) is 0 Å². The number of aliphatic hydroxyl groups excluding tert-OH is 4. The van der Waals surface area contributed by atoms with Gasteiger partial charge in [-0.25, -0.2) is 4.79 Å². The molecule has 6 unspecified atom stereocenters. The third-order valence-electron chi connectivity index (χ3n) is 10.6. The van der Waals surface area contributed by atoms with Gasteiger partial charge in [0.1, 0.15) is 18.8 Å². The largest absolute Gasteiger partial charge is 0.449 e. The van der Waals surface area contributed by atoms with E-state index in [2.05, 4.69) is 10.6 Å². The molecular formula is C40H56N2O11. The molecule has 53 heavy (non-hydrogen) atoms. The minimum atomic E-state index is -1.52. The van der Waals surface area contributed by atoms with Crippen molar-refractivity contribution in [1.82, 2.24) is 10.6 Å². The van der Waals surface area contributed by atoms with E-state index < -0.39 is 73.0 Å². The second-order valence-corrected chi connectivity index (χ2v) is 15.1. The molecule has 1 aliphatic carbocycles. The van der Waals surface area contributed by atoms with Crippen molar-refractivity contribution in [2.24, 2.45) is 11.8 Å². The maximum Gasteiger partial charge on any atom is 0.407 e. The molecule has 0 aromatic heterocycles. The van der Waals surface area contributed by atoms with Gasteiger partial charge in [-0.2, -0.15) is 0 Å². The minimum Gasteiger partial charge on any atom is -0.449 e. The topological polar surface area (TPSA) is 185 Å². The summed E-state index contributed by atoms with van der Waals surface area (Å²) in [5, 5.41) is 49.8. The highest BCUT2D eigenvalue weighted by atomic mass is 16.7. The number of aliphatic hydroxyl groups is 4. The first kappa shape index (κ1) is 40.8. The van der Waals surface area contributed by atoms with Crippen LogP contribution in [0.4, 0.5) is 4.79 Å². The van der Waals surface area contributed by atoms with E-state index in [4.69, 9.17) is 23.7 Å². The molecule has 292 valence electrons. The van der Waals surface area contributed by atoms with Crippen molar-refractivity contribution >= 4 is 12.5 Å². The molecule has 2 saturated heterocycles. The fourth-order valence-electron chi connectivity index (χ4n) is 7.51. The second-order valence-electron chi connectivity index (χ2n) is 15.1. The van der Waals surface area contributed by atoms with Crippen molar-refractivity contribution in [3.63, 3.8) is 0 Å². The Morgan fingerprint density at radius 3 is 2.21 bits per heavy atom. The molecule has 13 nitrogen and oxygen atoms in total. The number of amides is 2. The quantitative estimate of drug-likeness (QED) is 0.116. The van der Waals surface area contributed by atoms with Gasteiger partial charge in [0.25, 0.3) is 0 Å². The lowest BCUT2D eigenvalue weighted by atomic mass is 9.86. The Morgan fingerprint density at radius 2 is 1.62 bits per heavy atom. The van der Waals surface area contributed by atoms with E-state index in [1.165, 1.54) is 7.11 Å². The molecule has 2 amide bonds. The van der Waals surface area contributed by atoms with E-state index in [-0.39, 0.29) is 43.6 Å². The van der Waals surface area contributed by atoms with Crippen LogP contribution in [-0.2, 0) is 28.5 Å². The van der Waals surface area contributed by atoms with Gasteiger partial charge in [0.2, 0.25) is 6.41 Å². The number of hydrogen-bond donors (Lipinski definition) is 6. The number of methoxy groups -OCH3 is 1. The maximum absolute atomic E-state index is 13.2.